The summed E-state index contributed by atoms with van der Waals surface area (Å²) in [6.45, 7) is 1.41. The molecular weight excluding hydrogens is 126 g/mol. The Morgan fingerprint density at radius 3 is 2.12 bits per heavy atom. The molecule has 0 radical (unpaired) electrons. The maximum atomic E-state index is 6.37. The lowest BCUT2D eigenvalue weighted by Gasteiger charge is -2.21. The molecule has 0 atom stereocenters. The SMILES string of the molecule is [2H]OCC[N+](C)(C)C.[Cl-]. The molecule has 0 amide bonds. The maximum Gasteiger partial charge on any atom is 0.210 e. The first-order valence-electron chi connectivity index (χ1n) is 2.85. The average molecular weight is 141 g/mol. The van der Waals surface area contributed by atoms with Crippen LogP contribution in [0.5, 0.6) is 0 Å². The van der Waals surface area contributed by atoms with E-state index in [1.807, 2.05) is 0 Å². The summed E-state index contributed by atoms with van der Waals surface area (Å²) in [5.41, 5.74) is 0. The van der Waals surface area contributed by atoms with Crippen LogP contribution < -0.4 is 12.4 Å². The van der Waals surface area contributed by atoms with Gasteiger partial charge in [-0.05, 0) is 0 Å². The first-order valence-corrected chi connectivity index (χ1v) is 2.45. The minimum absolute atomic E-state index is 0. The van der Waals surface area contributed by atoms with Crippen molar-refractivity contribution >= 4 is 0 Å². The van der Waals surface area contributed by atoms with Crippen LogP contribution in [0.25, 0.3) is 0 Å². The smallest absolute Gasteiger partial charge is 0.210 e. The molecule has 0 unspecified atom stereocenters. The predicted octanol–water partition coefficient (Wildman–Crippen LogP) is -3.31. The third kappa shape index (κ3) is 9.51. The molecule has 0 saturated carbocycles. The molecule has 0 bridgehead atoms. The van der Waals surface area contributed by atoms with Gasteiger partial charge in [0.2, 0.25) is 1.43 Å². The number of likely N-dealkylation sites (N-methyl/N-ethyl adjacent to an activating group) is 1. The summed E-state index contributed by atoms with van der Waals surface area (Å²) in [7, 11) is 6.21. The second-order valence-electron chi connectivity index (χ2n) is 2.72. The summed E-state index contributed by atoms with van der Waals surface area (Å²) in [4.78, 5) is 0. The Labute approximate surface area is 58.6 Å². The molecule has 8 heavy (non-hydrogen) atoms. The van der Waals surface area contributed by atoms with Crippen LogP contribution in [0.3, 0.4) is 0 Å². The van der Waals surface area contributed by atoms with Gasteiger partial charge in [0.05, 0.1) is 27.7 Å². The van der Waals surface area contributed by atoms with Gasteiger partial charge in [-0.1, -0.05) is 0 Å². The lowest BCUT2D eigenvalue weighted by Crippen LogP contribution is -3.00. The molecule has 0 heterocycles. The van der Waals surface area contributed by atoms with E-state index in [2.05, 4.69) is 26.3 Å². The van der Waals surface area contributed by atoms with E-state index in [9.17, 15) is 0 Å². The molecular formula is C5H14ClNO. The van der Waals surface area contributed by atoms with Crippen LogP contribution in [0.1, 0.15) is 0 Å². The third-order valence-corrected chi connectivity index (χ3v) is 0.762. The summed E-state index contributed by atoms with van der Waals surface area (Å²) in [6, 6.07) is 0. The van der Waals surface area contributed by atoms with Crippen LogP contribution in [0.2, 0.25) is 0 Å². The van der Waals surface area contributed by atoms with Gasteiger partial charge in [-0.25, -0.2) is 0 Å². The zero-order valence-electron chi connectivity index (χ0n) is 6.65. The van der Waals surface area contributed by atoms with Gasteiger partial charge >= 0.3 is 0 Å². The van der Waals surface area contributed by atoms with E-state index in [-0.39, 0.29) is 12.4 Å². The minimum atomic E-state index is 0. The molecule has 0 aliphatic heterocycles. The molecule has 1 N–H and O–H groups in total. The van der Waals surface area contributed by atoms with E-state index in [0.717, 1.165) is 11.0 Å². The summed E-state index contributed by atoms with van der Waals surface area (Å²) in [6.07, 6.45) is 0. The van der Waals surface area contributed by atoms with Gasteiger partial charge in [-0.3, -0.25) is 0 Å². The predicted molar refractivity (Wildman–Crippen MR) is 30.0 cm³/mol. The number of hydrogen-bond donors (Lipinski definition) is 1. The fourth-order valence-corrected chi connectivity index (χ4v) is 0.274. The van der Waals surface area contributed by atoms with E-state index in [1.54, 1.807) is 0 Å². The van der Waals surface area contributed by atoms with Crippen molar-refractivity contribution in [2.45, 2.75) is 0 Å². The minimum Gasteiger partial charge on any atom is -1.00 e. The van der Waals surface area contributed by atoms with Gasteiger partial charge in [0.1, 0.15) is 6.54 Å². The molecule has 52 valence electrons. The number of aliphatic hydroxyl groups excluding tert-OH is 1. The van der Waals surface area contributed by atoms with Gasteiger partial charge in [0.25, 0.3) is 0 Å². The van der Waals surface area contributed by atoms with E-state index in [4.69, 9.17) is 1.43 Å². The first-order chi connectivity index (χ1) is 3.56. The quantitative estimate of drug-likeness (QED) is 0.407. The molecule has 0 aromatic rings. The van der Waals surface area contributed by atoms with Gasteiger partial charge in [-0.2, -0.15) is 0 Å². The Kier molecular flexibility index (Phi) is 4.23. The zero-order valence-corrected chi connectivity index (χ0v) is 6.40. The Morgan fingerprint density at radius 1 is 1.50 bits per heavy atom. The standard InChI is InChI=1S/C5H14NO.ClH/c1-6(2,3)4-5-7;/h7H,4-5H2,1-3H3;1H/q+1;/p-1/i7D;. The Balaban J connectivity index is 0. The second-order valence-corrected chi connectivity index (χ2v) is 2.72. The van der Waals surface area contributed by atoms with Crippen molar-refractivity contribution in [3.63, 3.8) is 0 Å². The van der Waals surface area contributed by atoms with Gasteiger partial charge in [-0.15, -0.1) is 0 Å². The normalized spacial score (nSPS) is 12.1. The summed E-state index contributed by atoms with van der Waals surface area (Å²) in [5, 5.41) is 4.15. The second kappa shape index (κ2) is 4.13. The molecule has 0 aromatic heterocycles. The third-order valence-electron chi connectivity index (χ3n) is 0.762. The number of hydrogen-bond acceptors (Lipinski definition) is 1. The number of aliphatic hydroxyl groups is 1. The van der Waals surface area contributed by atoms with Crippen LogP contribution in [0.4, 0.5) is 0 Å². The number of quaternary nitrogens is 1. The molecule has 0 aromatic carbocycles. The molecule has 3 heteroatoms. The number of halogens is 1. The monoisotopic (exact) mass is 140 g/mol. The highest BCUT2D eigenvalue weighted by Gasteiger charge is 2.02. The molecule has 0 rings (SSSR count). The first kappa shape index (κ1) is 8.21. The van der Waals surface area contributed by atoms with Crippen LogP contribution in [-0.2, 0) is 0 Å². The summed E-state index contributed by atoms with van der Waals surface area (Å²) < 4.78 is 7.23. The van der Waals surface area contributed by atoms with Crippen molar-refractivity contribution < 1.29 is 22.0 Å². The molecule has 0 spiro atoms. The number of nitrogens with zero attached hydrogens (tertiary/aromatic N) is 1. The lowest BCUT2D eigenvalue weighted by molar-refractivity contribution is -0.870. The van der Waals surface area contributed by atoms with Crippen LogP contribution in [-0.4, -0.2) is 45.3 Å². The van der Waals surface area contributed by atoms with Gasteiger partial charge in [0.15, 0.2) is 0 Å². The highest BCUT2D eigenvalue weighted by molar-refractivity contribution is 4.19. The van der Waals surface area contributed by atoms with E-state index >= 15 is 0 Å². The molecule has 0 aliphatic carbocycles. The average Bonchev–Trinajstić information content (AvgIpc) is 1.59. The highest BCUT2D eigenvalue weighted by atomic mass is 35.5. The summed E-state index contributed by atoms with van der Waals surface area (Å²) >= 11 is 0. The van der Waals surface area contributed by atoms with Crippen molar-refractivity contribution in [2.24, 2.45) is 0 Å². The number of rotatable bonds is 3. The highest BCUT2D eigenvalue weighted by Crippen LogP contribution is 1.84. The zero-order chi connectivity index (χ0) is 6.62. The Hall–Kier alpha value is 0.210. The van der Waals surface area contributed by atoms with Crippen molar-refractivity contribution in [2.75, 3.05) is 34.3 Å². The van der Waals surface area contributed by atoms with Crippen LogP contribution >= 0.6 is 0 Å². The summed E-state index contributed by atoms with van der Waals surface area (Å²) in [5.74, 6) is 0. The Morgan fingerprint density at radius 2 is 2.00 bits per heavy atom. The fourth-order valence-electron chi connectivity index (χ4n) is 0.274. The lowest BCUT2D eigenvalue weighted by atomic mass is 10.5. The molecule has 0 fully saturated rings. The van der Waals surface area contributed by atoms with Gasteiger partial charge < -0.3 is 22.0 Å². The fraction of sp³-hybridized carbons (Fsp3) is 1.00. The largest absolute Gasteiger partial charge is 1.00 e. The topological polar surface area (TPSA) is 20.2 Å². The molecule has 2 nitrogen and oxygen atoms in total. The van der Waals surface area contributed by atoms with Crippen molar-refractivity contribution in [3.05, 3.63) is 0 Å². The van der Waals surface area contributed by atoms with E-state index in [0.29, 0.717) is 6.61 Å². The molecule has 0 saturated heterocycles. The van der Waals surface area contributed by atoms with Crippen LogP contribution in [0, 0.1) is 0 Å². The van der Waals surface area contributed by atoms with E-state index < -0.39 is 0 Å². The maximum absolute atomic E-state index is 6.37. The molecule has 0 aliphatic rings. The van der Waals surface area contributed by atoms with Crippen LogP contribution in [0.15, 0.2) is 0 Å². The van der Waals surface area contributed by atoms with Gasteiger partial charge in [0, 0.05) is 0 Å². The van der Waals surface area contributed by atoms with Crippen molar-refractivity contribution in [3.8, 4) is 0 Å². The van der Waals surface area contributed by atoms with Crippen molar-refractivity contribution in [1.82, 2.24) is 0 Å². The van der Waals surface area contributed by atoms with E-state index in [1.165, 1.54) is 0 Å². The van der Waals surface area contributed by atoms with Crippen molar-refractivity contribution in [1.29, 1.82) is 1.43 Å². The Bertz CT molecular complexity index is 64.5.